The van der Waals surface area contributed by atoms with Crippen LogP contribution in [-0.4, -0.2) is 35.5 Å². The standard InChI is InChI=1S/C28H29N7O/c1-31-21-9-4-10-22-20(21)8-5-13-35(22)27(36)24-26(30)33-23(17-32-24)34-14-11-28(12-15-34)16-18-6-2-3-7-19(18)25(28)29/h2-4,6-7,9-10,17,25H,5,8,11-16,29H2,(H2,30,33)/t25-/m1/s1. The molecule has 0 bridgehead atoms. The number of carbonyl (C=O) groups is 1. The Kier molecular flexibility index (Phi) is 5.38. The molecule has 1 amide bonds. The molecule has 1 spiro atoms. The molecule has 3 aliphatic rings. The Morgan fingerprint density at radius 3 is 2.67 bits per heavy atom. The van der Waals surface area contributed by atoms with E-state index in [1.807, 2.05) is 12.1 Å². The molecule has 2 aromatic carbocycles. The van der Waals surface area contributed by atoms with Crippen LogP contribution in [0.4, 0.5) is 23.0 Å². The Balaban J connectivity index is 1.19. The molecule has 1 aromatic heterocycles. The topological polar surface area (TPSA) is 106 Å². The van der Waals surface area contributed by atoms with E-state index in [-0.39, 0.29) is 28.9 Å². The Bertz CT molecular complexity index is 1390. The molecule has 182 valence electrons. The minimum absolute atomic E-state index is 0.0581. The molecule has 0 radical (unpaired) electrons. The van der Waals surface area contributed by atoms with Gasteiger partial charge in [0.25, 0.3) is 5.91 Å². The molecule has 1 saturated heterocycles. The summed E-state index contributed by atoms with van der Waals surface area (Å²) < 4.78 is 0. The summed E-state index contributed by atoms with van der Waals surface area (Å²) in [6.45, 7) is 9.65. The van der Waals surface area contributed by atoms with E-state index in [4.69, 9.17) is 18.0 Å². The number of carbonyl (C=O) groups excluding carboxylic acids is 1. The fraction of sp³-hybridized carbons (Fsp3) is 0.357. The SMILES string of the molecule is [C-]#[N+]c1cccc2c1CCCN2C(=O)c1ncc(N2CCC3(CC2)Cc2ccccc2[C@H]3N)nc1N. The van der Waals surface area contributed by atoms with Gasteiger partial charge in [0.15, 0.2) is 17.2 Å². The van der Waals surface area contributed by atoms with Crippen LogP contribution in [0.15, 0.2) is 48.7 Å². The van der Waals surface area contributed by atoms with Crippen LogP contribution in [0.25, 0.3) is 4.85 Å². The van der Waals surface area contributed by atoms with Crippen molar-refractivity contribution < 1.29 is 4.79 Å². The lowest BCUT2D eigenvalue weighted by Crippen LogP contribution is -2.44. The third kappa shape index (κ3) is 3.50. The first-order valence-electron chi connectivity index (χ1n) is 12.5. The number of hydrogen-bond donors (Lipinski definition) is 2. The second kappa shape index (κ2) is 8.61. The predicted molar refractivity (Wildman–Crippen MR) is 140 cm³/mol. The first-order chi connectivity index (χ1) is 17.5. The second-order valence-electron chi connectivity index (χ2n) is 10.1. The highest BCUT2D eigenvalue weighted by molar-refractivity contribution is 6.08. The summed E-state index contributed by atoms with van der Waals surface area (Å²) in [7, 11) is 0. The molecule has 8 nitrogen and oxygen atoms in total. The zero-order valence-electron chi connectivity index (χ0n) is 20.2. The molecule has 36 heavy (non-hydrogen) atoms. The normalized spacial score (nSPS) is 20.1. The van der Waals surface area contributed by atoms with Gasteiger partial charge in [-0.2, -0.15) is 0 Å². The van der Waals surface area contributed by atoms with Crippen LogP contribution in [0.2, 0.25) is 0 Å². The maximum atomic E-state index is 13.4. The molecule has 1 aliphatic carbocycles. The van der Waals surface area contributed by atoms with Crippen molar-refractivity contribution in [3.05, 3.63) is 82.5 Å². The molecule has 0 saturated carbocycles. The van der Waals surface area contributed by atoms with E-state index in [1.165, 1.54) is 11.1 Å². The lowest BCUT2D eigenvalue weighted by Gasteiger charge is -2.42. The molecule has 3 aromatic rings. The molecule has 2 aliphatic heterocycles. The van der Waals surface area contributed by atoms with Gasteiger partial charge in [0.2, 0.25) is 0 Å². The monoisotopic (exact) mass is 479 g/mol. The van der Waals surface area contributed by atoms with E-state index >= 15 is 0 Å². The Hall–Kier alpha value is -3.96. The van der Waals surface area contributed by atoms with Crippen molar-refractivity contribution in [2.45, 2.75) is 38.1 Å². The minimum Gasteiger partial charge on any atom is -0.382 e. The molecule has 1 atom stereocenters. The average molecular weight is 480 g/mol. The molecule has 8 heteroatoms. The van der Waals surface area contributed by atoms with Gasteiger partial charge in [0.05, 0.1) is 12.8 Å². The third-order valence-corrected chi connectivity index (χ3v) is 8.26. The number of aromatic nitrogens is 2. The predicted octanol–water partition coefficient (Wildman–Crippen LogP) is 4.05. The summed E-state index contributed by atoms with van der Waals surface area (Å²) in [4.78, 5) is 30.0. The van der Waals surface area contributed by atoms with Gasteiger partial charge in [-0.3, -0.25) is 4.79 Å². The number of nitrogens with zero attached hydrogens (tertiary/aromatic N) is 5. The number of piperidine rings is 1. The van der Waals surface area contributed by atoms with E-state index in [0.29, 0.717) is 18.1 Å². The molecule has 6 rings (SSSR count). The van der Waals surface area contributed by atoms with Crippen molar-refractivity contribution in [2.24, 2.45) is 11.1 Å². The minimum atomic E-state index is -0.276. The van der Waals surface area contributed by atoms with Crippen LogP contribution in [0, 0.1) is 12.0 Å². The maximum Gasteiger partial charge on any atom is 0.280 e. The van der Waals surface area contributed by atoms with Gasteiger partial charge >= 0.3 is 0 Å². The summed E-state index contributed by atoms with van der Waals surface area (Å²) in [6, 6.07) is 14.1. The van der Waals surface area contributed by atoms with Gasteiger partial charge in [0, 0.05) is 31.4 Å². The lowest BCUT2D eigenvalue weighted by atomic mass is 9.73. The third-order valence-electron chi connectivity index (χ3n) is 8.26. The summed E-state index contributed by atoms with van der Waals surface area (Å²) in [6.07, 6.45) is 6.19. The average Bonchev–Trinajstić information content (AvgIpc) is 3.18. The van der Waals surface area contributed by atoms with Crippen LogP contribution < -0.4 is 21.3 Å². The van der Waals surface area contributed by atoms with E-state index in [2.05, 4.69) is 44.0 Å². The number of amides is 1. The van der Waals surface area contributed by atoms with Crippen LogP contribution in [-0.2, 0) is 12.8 Å². The van der Waals surface area contributed by atoms with Crippen LogP contribution >= 0.6 is 0 Å². The molecular weight excluding hydrogens is 450 g/mol. The number of anilines is 3. The van der Waals surface area contributed by atoms with E-state index in [0.717, 1.165) is 56.4 Å². The van der Waals surface area contributed by atoms with Gasteiger partial charge in [-0.05, 0) is 60.3 Å². The van der Waals surface area contributed by atoms with Crippen molar-refractivity contribution >= 4 is 28.9 Å². The number of hydrogen-bond acceptors (Lipinski definition) is 6. The number of fused-ring (bicyclic) bond motifs is 2. The Morgan fingerprint density at radius 1 is 1.11 bits per heavy atom. The van der Waals surface area contributed by atoms with E-state index < -0.39 is 0 Å². The van der Waals surface area contributed by atoms with Gasteiger partial charge in [-0.15, -0.1) is 0 Å². The summed E-state index contributed by atoms with van der Waals surface area (Å²) in [5, 5.41) is 0. The molecular formula is C28H29N7O. The fourth-order valence-corrected chi connectivity index (χ4v) is 6.25. The van der Waals surface area contributed by atoms with Crippen molar-refractivity contribution in [1.29, 1.82) is 0 Å². The summed E-state index contributed by atoms with van der Waals surface area (Å²) >= 11 is 0. The smallest absolute Gasteiger partial charge is 0.280 e. The van der Waals surface area contributed by atoms with Crippen LogP contribution in [0.1, 0.15) is 52.5 Å². The van der Waals surface area contributed by atoms with Crippen LogP contribution in [0.3, 0.4) is 0 Å². The van der Waals surface area contributed by atoms with Gasteiger partial charge in [-0.25, -0.2) is 14.8 Å². The van der Waals surface area contributed by atoms with Gasteiger partial charge in [0.1, 0.15) is 5.82 Å². The summed E-state index contributed by atoms with van der Waals surface area (Å²) in [5.74, 6) is 0.551. The zero-order chi connectivity index (χ0) is 24.9. The summed E-state index contributed by atoms with van der Waals surface area (Å²) in [5.41, 5.74) is 18.2. The highest BCUT2D eigenvalue weighted by atomic mass is 16.2. The van der Waals surface area contributed by atoms with Crippen molar-refractivity contribution in [3.63, 3.8) is 0 Å². The number of nitrogen functional groups attached to an aromatic ring is 1. The highest BCUT2D eigenvalue weighted by Gasteiger charge is 2.46. The Morgan fingerprint density at radius 2 is 1.92 bits per heavy atom. The number of rotatable bonds is 2. The first kappa shape index (κ1) is 22.5. The van der Waals surface area contributed by atoms with Crippen LogP contribution in [0.5, 0.6) is 0 Å². The first-order valence-corrected chi connectivity index (χ1v) is 12.5. The maximum absolute atomic E-state index is 13.4. The second-order valence-corrected chi connectivity index (χ2v) is 10.1. The number of nitrogens with two attached hydrogens (primary N) is 2. The van der Waals surface area contributed by atoms with E-state index in [1.54, 1.807) is 17.2 Å². The highest BCUT2D eigenvalue weighted by Crippen LogP contribution is 2.50. The lowest BCUT2D eigenvalue weighted by molar-refractivity contribution is 0.0981. The molecule has 1 fully saturated rings. The molecule has 0 unspecified atom stereocenters. The van der Waals surface area contributed by atoms with Gasteiger partial charge in [-0.1, -0.05) is 36.4 Å². The largest absolute Gasteiger partial charge is 0.382 e. The molecule has 3 heterocycles. The van der Waals surface area contributed by atoms with Crippen molar-refractivity contribution in [2.75, 3.05) is 35.2 Å². The van der Waals surface area contributed by atoms with E-state index in [9.17, 15) is 4.79 Å². The van der Waals surface area contributed by atoms with Crippen molar-refractivity contribution in [3.8, 4) is 0 Å². The quantitative estimate of drug-likeness (QED) is 0.538. The van der Waals surface area contributed by atoms with Gasteiger partial charge < -0.3 is 21.3 Å². The number of benzene rings is 2. The zero-order valence-corrected chi connectivity index (χ0v) is 20.2. The fourth-order valence-electron chi connectivity index (χ4n) is 6.25. The molecule has 4 N–H and O–H groups in total. The van der Waals surface area contributed by atoms with Crippen molar-refractivity contribution in [1.82, 2.24) is 9.97 Å². The Labute approximate surface area is 210 Å².